The highest BCUT2D eigenvalue weighted by atomic mass is 35.5. The van der Waals surface area contributed by atoms with E-state index in [1.165, 1.54) is 24.3 Å². The molecular weight excluding hydrogens is 837 g/mol. The van der Waals surface area contributed by atoms with Crippen LogP contribution >= 0.6 is 23.2 Å². The quantitative estimate of drug-likeness (QED) is 0.130. The molecule has 0 spiro atoms. The van der Waals surface area contributed by atoms with Crippen molar-refractivity contribution in [1.82, 2.24) is 41.2 Å². The normalized spacial score (nSPS) is 17.4. The average molecular weight is 874 g/mol. The lowest BCUT2D eigenvalue weighted by Crippen LogP contribution is -2.17. The van der Waals surface area contributed by atoms with E-state index in [0.29, 0.717) is 59.8 Å². The monoisotopic (exact) mass is 872 g/mol. The number of nitrogens with zero attached hydrogens (tertiary/aromatic N) is 4. The van der Waals surface area contributed by atoms with Gasteiger partial charge in [-0.2, -0.15) is 0 Å². The number of benzene rings is 4. The van der Waals surface area contributed by atoms with Gasteiger partial charge in [-0.05, 0) is 59.4 Å². The fourth-order valence-electron chi connectivity index (χ4n) is 8.25. The van der Waals surface area contributed by atoms with E-state index < -0.39 is 11.6 Å². The minimum Gasteiger partial charge on any atom is -0.356 e. The number of hydrogen-bond donors (Lipinski definition) is 4. The lowest BCUT2D eigenvalue weighted by atomic mass is 9.95. The predicted molar refractivity (Wildman–Crippen MR) is 226 cm³/mol. The fraction of sp³-hybridized carbons (Fsp3) is 0.217. The lowest BCUT2D eigenvalue weighted by Gasteiger charge is -2.12. The highest BCUT2D eigenvalue weighted by Crippen LogP contribution is 2.33. The Morgan fingerprint density at radius 3 is 1.27 bits per heavy atom. The van der Waals surface area contributed by atoms with Crippen molar-refractivity contribution in [1.29, 1.82) is 0 Å². The van der Waals surface area contributed by atoms with Crippen molar-refractivity contribution in [2.75, 3.05) is 13.1 Å². The number of amides is 4. The molecule has 4 aliphatic rings. The third kappa shape index (κ3) is 7.98. The van der Waals surface area contributed by atoms with Crippen LogP contribution in [0.4, 0.5) is 8.78 Å². The van der Waals surface area contributed by atoms with E-state index in [1.54, 1.807) is 12.1 Å². The van der Waals surface area contributed by atoms with Gasteiger partial charge in [0.05, 0.1) is 80.0 Å². The van der Waals surface area contributed by atoms with Crippen LogP contribution in [0, 0.1) is 11.6 Å². The number of aromatic nitrogens is 4. The predicted octanol–water partition coefficient (Wildman–Crippen LogP) is 6.75. The van der Waals surface area contributed by atoms with Crippen LogP contribution in [-0.2, 0) is 35.5 Å². The zero-order valence-electron chi connectivity index (χ0n) is 32.8. The van der Waals surface area contributed by atoms with Gasteiger partial charge in [0.2, 0.25) is 11.8 Å². The smallest absolute Gasteiger partial charge is 0.255 e. The van der Waals surface area contributed by atoms with Crippen molar-refractivity contribution in [3.8, 4) is 22.8 Å². The van der Waals surface area contributed by atoms with E-state index in [9.17, 15) is 28.0 Å². The molecule has 6 heterocycles. The molecule has 0 aliphatic carbocycles. The van der Waals surface area contributed by atoms with Crippen LogP contribution in [0.15, 0.2) is 84.9 Å². The molecule has 16 heteroatoms. The molecule has 4 N–H and O–H groups in total. The van der Waals surface area contributed by atoms with Gasteiger partial charge in [-0.15, -0.1) is 0 Å². The molecular formula is C46H36Cl2F2N8O4. The standard InChI is InChI=1S/2C23H18ClFN4O2/c2*24-15-2-1-3-16(25)19(15)21-28-17(20-18(29-21)11-27-23(20)31)10-12-4-6-13(7-5-12)14-8-9-26-22(14)30/h2*1-7,14H,8-11H2,(H,26,30)(H,27,31)/t14-;/m0./s1. The minimum atomic E-state index is -0.519. The molecule has 1 unspecified atom stereocenters. The summed E-state index contributed by atoms with van der Waals surface area (Å²) in [5.41, 5.74) is 6.96. The maximum atomic E-state index is 14.5. The van der Waals surface area contributed by atoms with Crippen LogP contribution in [-0.4, -0.2) is 56.7 Å². The van der Waals surface area contributed by atoms with Crippen LogP contribution in [0.2, 0.25) is 10.0 Å². The maximum absolute atomic E-state index is 14.5. The van der Waals surface area contributed by atoms with Crippen LogP contribution in [0.3, 0.4) is 0 Å². The molecule has 4 aliphatic heterocycles. The molecule has 12 nitrogen and oxygen atoms in total. The van der Waals surface area contributed by atoms with Gasteiger partial charge in [-0.25, -0.2) is 28.7 Å². The largest absolute Gasteiger partial charge is 0.356 e. The summed E-state index contributed by atoms with van der Waals surface area (Å²) in [6, 6.07) is 24.3. The maximum Gasteiger partial charge on any atom is 0.255 e. The lowest BCUT2D eigenvalue weighted by molar-refractivity contribution is -0.121. The summed E-state index contributed by atoms with van der Waals surface area (Å²) in [5, 5.41) is 11.6. The summed E-state index contributed by atoms with van der Waals surface area (Å²) in [6.07, 6.45) is 2.30. The molecule has 4 aromatic carbocycles. The van der Waals surface area contributed by atoms with Crippen molar-refractivity contribution < 1.29 is 28.0 Å². The molecule has 312 valence electrons. The Morgan fingerprint density at radius 2 is 0.919 bits per heavy atom. The summed E-state index contributed by atoms with van der Waals surface area (Å²) in [7, 11) is 0. The Hall–Kier alpha value is -6.64. The number of rotatable bonds is 8. The molecule has 6 aromatic rings. The summed E-state index contributed by atoms with van der Waals surface area (Å²) < 4.78 is 28.9. The SMILES string of the molecule is O=C1NCc2nc(-c3c(F)cccc3Cl)nc(Cc3ccc(C4CCNC4=O)cc3)c21.O=C1NCc2nc(-c3c(F)cccc3Cl)nc(Cc3ccc([C@@H]4CCNC4=O)cc3)c21. The van der Waals surface area contributed by atoms with Gasteiger partial charge < -0.3 is 21.3 Å². The van der Waals surface area contributed by atoms with Crippen molar-refractivity contribution in [2.24, 2.45) is 0 Å². The van der Waals surface area contributed by atoms with Crippen molar-refractivity contribution in [3.05, 3.63) is 163 Å². The first-order valence-electron chi connectivity index (χ1n) is 20.0. The van der Waals surface area contributed by atoms with Crippen molar-refractivity contribution in [3.63, 3.8) is 0 Å². The molecule has 10 rings (SSSR count). The highest BCUT2D eigenvalue weighted by molar-refractivity contribution is 6.33. The van der Waals surface area contributed by atoms with E-state index in [-0.39, 0.29) is 81.4 Å². The Kier molecular flexibility index (Phi) is 11.2. The van der Waals surface area contributed by atoms with Gasteiger partial charge in [-0.3, -0.25) is 19.2 Å². The van der Waals surface area contributed by atoms with E-state index in [1.807, 2.05) is 48.5 Å². The number of halogens is 4. The molecule has 0 bridgehead atoms. The summed E-state index contributed by atoms with van der Waals surface area (Å²) in [5.74, 6) is -1.36. The van der Waals surface area contributed by atoms with Gasteiger partial charge in [0.1, 0.15) is 11.6 Å². The fourth-order valence-corrected chi connectivity index (χ4v) is 8.75. The molecule has 2 fully saturated rings. The molecule has 2 saturated heterocycles. The topological polar surface area (TPSA) is 168 Å². The second-order valence-electron chi connectivity index (χ2n) is 15.3. The number of hydrogen-bond acceptors (Lipinski definition) is 8. The summed E-state index contributed by atoms with van der Waals surface area (Å²) in [4.78, 5) is 66.5. The third-order valence-corrected chi connectivity index (χ3v) is 12.0. The highest BCUT2D eigenvalue weighted by Gasteiger charge is 2.31. The molecule has 4 amide bonds. The summed E-state index contributed by atoms with van der Waals surface area (Å²) >= 11 is 12.4. The van der Waals surface area contributed by atoms with Crippen LogP contribution in [0.1, 0.15) is 90.4 Å². The van der Waals surface area contributed by atoms with E-state index in [0.717, 1.165) is 35.1 Å². The molecule has 2 atom stereocenters. The van der Waals surface area contributed by atoms with Crippen LogP contribution in [0.5, 0.6) is 0 Å². The minimum absolute atomic E-state index is 0.0458. The van der Waals surface area contributed by atoms with E-state index >= 15 is 0 Å². The Labute approximate surface area is 363 Å². The number of carbonyl (C=O) groups is 4. The first-order valence-corrected chi connectivity index (χ1v) is 20.8. The third-order valence-electron chi connectivity index (χ3n) is 11.4. The Balaban J connectivity index is 0.000000158. The summed E-state index contributed by atoms with van der Waals surface area (Å²) in [6.45, 7) is 1.90. The van der Waals surface area contributed by atoms with Gasteiger partial charge in [-0.1, -0.05) is 83.9 Å². The number of nitrogens with one attached hydrogen (secondary N) is 4. The molecule has 0 saturated carbocycles. The Bertz CT molecular complexity index is 2580. The first kappa shape index (κ1) is 40.7. The van der Waals surface area contributed by atoms with Crippen LogP contribution in [0.25, 0.3) is 22.8 Å². The second-order valence-corrected chi connectivity index (χ2v) is 16.1. The zero-order valence-corrected chi connectivity index (χ0v) is 34.3. The van der Waals surface area contributed by atoms with E-state index in [2.05, 4.69) is 41.2 Å². The van der Waals surface area contributed by atoms with Crippen molar-refractivity contribution >= 4 is 46.8 Å². The second kappa shape index (κ2) is 17.0. The van der Waals surface area contributed by atoms with Gasteiger partial charge in [0.25, 0.3) is 11.8 Å². The zero-order chi connectivity index (χ0) is 43.1. The average Bonchev–Trinajstić information content (AvgIpc) is 4.06. The van der Waals surface area contributed by atoms with Gasteiger partial charge in [0.15, 0.2) is 11.6 Å². The van der Waals surface area contributed by atoms with Crippen LogP contribution < -0.4 is 21.3 Å². The molecule has 2 aromatic heterocycles. The van der Waals surface area contributed by atoms with E-state index in [4.69, 9.17) is 23.2 Å². The first-order chi connectivity index (χ1) is 30.0. The van der Waals surface area contributed by atoms with Gasteiger partial charge >= 0.3 is 0 Å². The van der Waals surface area contributed by atoms with Gasteiger partial charge in [0, 0.05) is 25.9 Å². The number of fused-ring (bicyclic) bond motifs is 2. The molecule has 62 heavy (non-hydrogen) atoms. The number of carbonyl (C=O) groups excluding carboxylic acids is 4. The van der Waals surface area contributed by atoms with Crippen molar-refractivity contribution in [2.45, 2.75) is 50.6 Å². The molecule has 0 radical (unpaired) electrons. The Morgan fingerprint density at radius 1 is 0.516 bits per heavy atom.